The Kier molecular flexibility index (Phi) is 3.35. The van der Waals surface area contributed by atoms with Crippen molar-refractivity contribution in [2.75, 3.05) is 18.9 Å². The number of pyridine rings is 1. The van der Waals surface area contributed by atoms with E-state index >= 15 is 0 Å². The van der Waals surface area contributed by atoms with Crippen molar-refractivity contribution in [2.24, 2.45) is 5.92 Å². The Morgan fingerprint density at radius 2 is 2.45 bits per heavy atom. The van der Waals surface area contributed by atoms with Crippen LogP contribution < -0.4 is 5.73 Å². The molecule has 0 bridgehead atoms. The molecule has 2 unspecified atom stereocenters. The Morgan fingerprint density at radius 3 is 3.15 bits per heavy atom. The maximum atomic E-state index is 12.7. The van der Waals surface area contributed by atoms with Crippen LogP contribution in [0.2, 0.25) is 0 Å². The first kappa shape index (κ1) is 13.3. The number of nitrogen functional groups attached to an aromatic ring is 1. The third kappa shape index (κ3) is 1.96. The van der Waals surface area contributed by atoms with Crippen molar-refractivity contribution in [3.05, 3.63) is 23.2 Å². The highest BCUT2D eigenvalue weighted by Crippen LogP contribution is 2.35. The van der Waals surface area contributed by atoms with Gasteiger partial charge in [0, 0.05) is 12.7 Å². The van der Waals surface area contributed by atoms with Gasteiger partial charge in [0.1, 0.15) is 10.4 Å². The molecule has 2 atom stereocenters. The quantitative estimate of drug-likeness (QED) is 0.883. The van der Waals surface area contributed by atoms with Gasteiger partial charge in [-0.1, -0.05) is 6.92 Å². The number of hydrogen-bond acceptors (Lipinski definition) is 5. The molecular weight excluding hydrogens is 274 g/mol. The van der Waals surface area contributed by atoms with Crippen LogP contribution in [-0.4, -0.2) is 40.1 Å². The van der Waals surface area contributed by atoms with Gasteiger partial charge in [0.15, 0.2) is 0 Å². The van der Waals surface area contributed by atoms with Crippen molar-refractivity contribution in [3.8, 4) is 0 Å². The van der Waals surface area contributed by atoms with E-state index in [-0.39, 0.29) is 18.6 Å². The van der Waals surface area contributed by atoms with Crippen molar-refractivity contribution in [3.63, 3.8) is 0 Å². The van der Waals surface area contributed by atoms with E-state index in [0.29, 0.717) is 28.5 Å². The van der Waals surface area contributed by atoms with Gasteiger partial charge in [-0.15, -0.1) is 11.3 Å². The zero-order valence-electron chi connectivity index (χ0n) is 11.2. The van der Waals surface area contributed by atoms with E-state index in [2.05, 4.69) is 11.9 Å². The standard InChI is InChI=1S/C14H17N3O2S/c1-8-4-6-17(9(8)7-18)14(19)13-11(15)12-10(20-13)3-2-5-16-12/h2-3,5,8-9,18H,4,6-7,15H2,1H3. The number of nitrogens with zero attached hydrogens (tertiary/aromatic N) is 2. The maximum absolute atomic E-state index is 12.7. The lowest BCUT2D eigenvalue weighted by molar-refractivity contribution is 0.0654. The van der Waals surface area contributed by atoms with Crippen LogP contribution in [-0.2, 0) is 0 Å². The van der Waals surface area contributed by atoms with Crippen molar-refractivity contribution in [1.29, 1.82) is 0 Å². The fourth-order valence-electron chi connectivity index (χ4n) is 2.78. The molecule has 5 nitrogen and oxygen atoms in total. The summed E-state index contributed by atoms with van der Waals surface area (Å²) in [6.07, 6.45) is 2.59. The number of thiophene rings is 1. The number of amides is 1. The van der Waals surface area contributed by atoms with Crippen LogP contribution >= 0.6 is 11.3 Å². The lowest BCUT2D eigenvalue weighted by atomic mass is 10.0. The summed E-state index contributed by atoms with van der Waals surface area (Å²) in [5, 5.41) is 9.48. The molecule has 3 rings (SSSR count). The molecule has 0 spiro atoms. The van der Waals surface area contributed by atoms with E-state index < -0.39 is 0 Å². The number of hydrogen-bond donors (Lipinski definition) is 2. The second-order valence-corrected chi connectivity index (χ2v) is 6.26. The van der Waals surface area contributed by atoms with Gasteiger partial charge in [0.05, 0.1) is 23.0 Å². The molecule has 6 heteroatoms. The maximum Gasteiger partial charge on any atom is 0.266 e. The number of rotatable bonds is 2. The highest BCUT2D eigenvalue weighted by molar-refractivity contribution is 7.21. The highest BCUT2D eigenvalue weighted by Gasteiger charge is 2.35. The van der Waals surface area contributed by atoms with Crippen LogP contribution in [0.3, 0.4) is 0 Å². The lowest BCUT2D eigenvalue weighted by Gasteiger charge is -2.24. The summed E-state index contributed by atoms with van der Waals surface area (Å²) < 4.78 is 0.918. The molecule has 20 heavy (non-hydrogen) atoms. The largest absolute Gasteiger partial charge is 0.396 e. The van der Waals surface area contributed by atoms with E-state index in [0.717, 1.165) is 11.1 Å². The molecule has 3 N–H and O–H groups in total. The van der Waals surface area contributed by atoms with E-state index in [1.807, 2.05) is 12.1 Å². The first-order valence-electron chi connectivity index (χ1n) is 6.68. The first-order valence-corrected chi connectivity index (χ1v) is 7.50. The van der Waals surface area contributed by atoms with Gasteiger partial charge >= 0.3 is 0 Å². The number of aliphatic hydroxyl groups excluding tert-OH is 1. The Labute approximate surface area is 121 Å². The minimum Gasteiger partial charge on any atom is -0.396 e. The van der Waals surface area contributed by atoms with Crippen molar-refractivity contribution < 1.29 is 9.90 Å². The van der Waals surface area contributed by atoms with Crippen LogP contribution in [0.15, 0.2) is 18.3 Å². The summed E-state index contributed by atoms with van der Waals surface area (Å²) in [7, 11) is 0. The van der Waals surface area contributed by atoms with E-state index in [1.54, 1.807) is 11.1 Å². The fourth-order valence-corrected chi connectivity index (χ4v) is 3.81. The van der Waals surface area contributed by atoms with Gasteiger partial charge in [-0.2, -0.15) is 0 Å². The summed E-state index contributed by atoms with van der Waals surface area (Å²) in [6, 6.07) is 3.64. The smallest absolute Gasteiger partial charge is 0.266 e. The van der Waals surface area contributed by atoms with Crippen LogP contribution in [0.25, 0.3) is 10.2 Å². The number of carbonyl (C=O) groups excluding carboxylic acids is 1. The third-order valence-corrected chi connectivity index (χ3v) is 5.16. The molecule has 1 aliphatic heterocycles. The summed E-state index contributed by atoms with van der Waals surface area (Å²) in [5.41, 5.74) is 7.21. The van der Waals surface area contributed by atoms with Gasteiger partial charge in [-0.05, 0) is 24.5 Å². The molecule has 1 saturated heterocycles. The lowest BCUT2D eigenvalue weighted by Crippen LogP contribution is -2.39. The number of anilines is 1. The van der Waals surface area contributed by atoms with E-state index in [4.69, 9.17) is 5.73 Å². The van der Waals surface area contributed by atoms with Gasteiger partial charge in [0.25, 0.3) is 5.91 Å². The predicted molar refractivity (Wildman–Crippen MR) is 79.7 cm³/mol. The fraction of sp³-hybridized carbons (Fsp3) is 0.429. The average molecular weight is 291 g/mol. The number of aromatic nitrogens is 1. The number of likely N-dealkylation sites (tertiary alicyclic amines) is 1. The molecule has 1 amide bonds. The summed E-state index contributed by atoms with van der Waals surface area (Å²) in [4.78, 5) is 19.2. The molecule has 2 aromatic heterocycles. The Morgan fingerprint density at radius 1 is 1.65 bits per heavy atom. The summed E-state index contributed by atoms with van der Waals surface area (Å²) >= 11 is 1.37. The Balaban J connectivity index is 1.99. The Hall–Kier alpha value is -1.66. The third-order valence-electron chi connectivity index (χ3n) is 4.01. The minimum absolute atomic E-state index is 0.00401. The van der Waals surface area contributed by atoms with Gasteiger partial charge < -0.3 is 15.7 Å². The monoisotopic (exact) mass is 291 g/mol. The Bertz CT molecular complexity index is 655. The number of fused-ring (bicyclic) bond motifs is 1. The summed E-state index contributed by atoms with van der Waals surface area (Å²) in [5.74, 6) is 0.228. The molecule has 0 aromatic carbocycles. The topological polar surface area (TPSA) is 79.5 Å². The SMILES string of the molecule is CC1CCN(C(=O)c2sc3cccnc3c2N)C1CO. The molecule has 1 fully saturated rings. The van der Waals surface area contributed by atoms with Crippen LogP contribution in [0, 0.1) is 5.92 Å². The average Bonchev–Trinajstić information content (AvgIpc) is 2.99. The van der Waals surface area contributed by atoms with Crippen molar-refractivity contribution >= 4 is 33.1 Å². The zero-order chi connectivity index (χ0) is 14.3. The zero-order valence-corrected chi connectivity index (χ0v) is 12.1. The molecule has 3 heterocycles. The predicted octanol–water partition coefficient (Wildman–Crippen LogP) is 1.72. The molecule has 1 aliphatic rings. The molecule has 106 valence electrons. The molecule has 0 aliphatic carbocycles. The number of aliphatic hydroxyl groups is 1. The first-order chi connectivity index (χ1) is 9.63. The van der Waals surface area contributed by atoms with E-state index in [9.17, 15) is 9.90 Å². The normalized spacial score (nSPS) is 22.6. The van der Waals surface area contributed by atoms with Crippen LogP contribution in [0.4, 0.5) is 5.69 Å². The number of carbonyl (C=O) groups is 1. The van der Waals surface area contributed by atoms with E-state index in [1.165, 1.54) is 11.3 Å². The van der Waals surface area contributed by atoms with Crippen molar-refractivity contribution in [1.82, 2.24) is 9.88 Å². The highest BCUT2D eigenvalue weighted by atomic mass is 32.1. The second-order valence-electron chi connectivity index (χ2n) is 5.21. The van der Waals surface area contributed by atoms with Crippen LogP contribution in [0.1, 0.15) is 23.0 Å². The second kappa shape index (κ2) is 5.03. The molecule has 0 saturated carbocycles. The van der Waals surface area contributed by atoms with Crippen LogP contribution in [0.5, 0.6) is 0 Å². The minimum atomic E-state index is -0.111. The summed E-state index contributed by atoms with van der Waals surface area (Å²) in [6.45, 7) is 2.73. The van der Waals surface area contributed by atoms with Gasteiger partial charge in [0.2, 0.25) is 0 Å². The molecule has 0 radical (unpaired) electrons. The number of nitrogens with two attached hydrogens (primary N) is 1. The molecular formula is C14H17N3O2S. The molecule has 2 aromatic rings. The van der Waals surface area contributed by atoms with Crippen molar-refractivity contribution in [2.45, 2.75) is 19.4 Å². The van der Waals surface area contributed by atoms with Gasteiger partial charge in [-0.3, -0.25) is 9.78 Å². The van der Waals surface area contributed by atoms with Gasteiger partial charge in [-0.25, -0.2) is 0 Å².